The summed E-state index contributed by atoms with van der Waals surface area (Å²) in [6.07, 6.45) is -7.62. The number of nitrogens with zero attached hydrogens (tertiary/aromatic N) is 1. The molecule has 0 bridgehead atoms. The van der Waals surface area contributed by atoms with Crippen molar-refractivity contribution in [3.05, 3.63) is 38.3 Å². The van der Waals surface area contributed by atoms with Gasteiger partial charge >= 0.3 is 6.18 Å². The first-order valence-electron chi connectivity index (χ1n) is 5.21. The van der Waals surface area contributed by atoms with E-state index in [1.165, 1.54) is 0 Å². The van der Waals surface area contributed by atoms with E-state index in [2.05, 4.69) is 36.8 Å². The van der Waals surface area contributed by atoms with Crippen LogP contribution in [-0.2, 0) is 6.18 Å². The largest absolute Gasteiger partial charge is 0.433 e. The zero-order valence-corrected chi connectivity index (χ0v) is 12.9. The van der Waals surface area contributed by atoms with Crippen LogP contribution in [0.4, 0.5) is 26.3 Å². The van der Waals surface area contributed by atoms with Crippen molar-refractivity contribution in [2.24, 2.45) is 0 Å². The van der Waals surface area contributed by atoms with Crippen LogP contribution in [0, 0.1) is 5.82 Å². The van der Waals surface area contributed by atoms with E-state index in [-0.39, 0.29) is 10.0 Å². The number of aromatic nitrogens is 2. The summed E-state index contributed by atoms with van der Waals surface area (Å²) in [6, 6.07) is 1.47. The Labute approximate surface area is 130 Å². The minimum Gasteiger partial charge on any atom is -0.333 e. The molecule has 0 spiro atoms. The highest BCUT2D eigenvalue weighted by atomic mass is 79.9. The molecule has 0 aliphatic rings. The highest BCUT2D eigenvalue weighted by molar-refractivity contribution is 9.10. The number of nitrogens with one attached hydrogen (secondary N) is 1. The summed E-state index contributed by atoms with van der Waals surface area (Å²) in [5.74, 6) is -1.55. The second-order valence-corrected chi connectivity index (χ2v) is 5.51. The fraction of sp³-hybridized carbons (Fsp3) is 0.182. The molecule has 1 heterocycles. The lowest BCUT2D eigenvalue weighted by Crippen LogP contribution is -2.06. The van der Waals surface area contributed by atoms with Crippen LogP contribution in [0.1, 0.15) is 17.7 Å². The zero-order chi connectivity index (χ0) is 15.9. The Kier molecular flexibility index (Phi) is 4.39. The van der Waals surface area contributed by atoms with E-state index in [1.807, 2.05) is 4.98 Å². The minimum atomic E-state index is -4.71. The standard InChI is InChI=1S/C11H4Br2F6N2/c12-4-1-3(9(15)16)2-5(14)6(4)10-20-7(8(13)21-10)11(17,18)19/h1-2,9H,(H,20,21). The summed E-state index contributed by atoms with van der Waals surface area (Å²) >= 11 is 5.47. The van der Waals surface area contributed by atoms with Gasteiger partial charge in [-0.1, -0.05) is 0 Å². The smallest absolute Gasteiger partial charge is 0.333 e. The molecule has 21 heavy (non-hydrogen) atoms. The number of rotatable bonds is 2. The molecule has 0 saturated heterocycles. The van der Waals surface area contributed by atoms with Crippen LogP contribution in [-0.4, -0.2) is 9.97 Å². The number of alkyl halides is 5. The fourth-order valence-corrected chi connectivity index (χ4v) is 2.75. The maximum absolute atomic E-state index is 13.9. The second kappa shape index (κ2) is 5.64. The van der Waals surface area contributed by atoms with Gasteiger partial charge in [-0.25, -0.2) is 18.2 Å². The van der Waals surface area contributed by atoms with E-state index in [4.69, 9.17) is 0 Å². The molecule has 0 aliphatic heterocycles. The lowest BCUT2D eigenvalue weighted by Gasteiger charge is -2.07. The third-order valence-electron chi connectivity index (χ3n) is 2.50. The molecule has 0 fully saturated rings. The maximum Gasteiger partial charge on any atom is 0.433 e. The minimum absolute atomic E-state index is 0.132. The summed E-state index contributed by atoms with van der Waals surface area (Å²) in [5, 5.41) is 0. The van der Waals surface area contributed by atoms with Crippen LogP contribution in [0.3, 0.4) is 0 Å². The van der Waals surface area contributed by atoms with Gasteiger partial charge in [0, 0.05) is 10.0 Å². The number of benzene rings is 1. The molecular weight excluding hydrogens is 434 g/mol. The first kappa shape index (κ1) is 16.3. The number of H-pyrrole nitrogens is 1. The summed E-state index contributed by atoms with van der Waals surface area (Å²) in [4.78, 5) is 5.45. The van der Waals surface area contributed by atoms with Gasteiger partial charge in [0.15, 0.2) is 5.69 Å². The first-order valence-corrected chi connectivity index (χ1v) is 6.80. The Morgan fingerprint density at radius 1 is 1.14 bits per heavy atom. The van der Waals surface area contributed by atoms with Crippen molar-refractivity contribution in [1.82, 2.24) is 9.97 Å². The van der Waals surface area contributed by atoms with Gasteiger partial charge in [0.1, 0.15) is 16.2 Å². The Morgan fingerprint density at radius 3 is 2.19 bits per heavy atom. The topological polar surface area (TPSA) is 28.7 Å². The van der Waals surface area contributed by atoms with Crippen molar-refractivity contribution in [3.8, 4) is 11.4 Å². The Balaban J connectivity index is 2.58. The van der Waals surface area contributed by atoms with Gasteiger partial charge in [0.05, 0.1) is 5.56 Å². The normalized spacial score (nSPS) is 12.2. The molecule has 2 aromatic rings. The van der Waals surface area contributed by atoms with Crippen molar-refractivity contribution in [2.45, 2.75) is 12.6 Å². The number of imidazole rings is 1. The van der Waals surface area contributed by atoms with Crippen molar-refractivity contribution in [3.63, 3.8) is 0 Å². The van der Waals surface area contributed by atoms with Crippen molar-refractivity contribution in [2.75, 3.05) is 0 Å². The average molecular weight is 438 g/mol. The second-order valence-electron chi connectivity index (χ2n) is 3.91. The molecule has 0 saturated carbocycles. The van der Waals surface area contributed by atoms with Crippen LogP contribution in [0.2, 0.25) is 0 Å². The van der Waals surface area contributed by atoms with E-state index in [0.717, 1.165) is 6.07 Å². The molecule has 10 heteroatoms. The molecule has 0 aliphatic carbocycles. The quantitative estimate of drug-likeness (QED) is 0.600. The Morgan fingerprint density at radius 2 is 1.76 bits per heavy atom. The molecule has 2 rings (SSSR count). The maximum atomic E-state index is 13.9. The monoisotopic (exact) mass is 436 g/mol. The van der Waals surface area contributed by atoms with Crippen molar-refractivity contribution >= 4 is 31.9 Å². The molecule has 1 aromatic carbocycles. The van der Waals surface area contributed by atoms with Gasteiger partial charge in [-0.15, -0.1) is 0 Å². The van der Waals surface area contributed by atoms with E-state index in [9.17, 15) is 26.3 Å². The summed E-state index contributed by atoms with van der Waals surface area (Å²) in [5.41, 5.74) is -2.15. The predicted molar refractivity (Wildman–Crippen MR) is 69.3 cm³/mol. The van der Waals surface area contributed by atoms with E-state index >= 15 is 0 Å². The summed E-state index contributed by atoms with van der Waals surface area (Å²) in [7, 11) is 0. The molecule has 114 valence electrons. The molecule has 2 nitrogen and oxygen atoms in total. The van der Waals surface area contributed by atoms with Gasteiger partial charge in [-0.3, -0.25) is 0 Å². The van der Waals surface area contributed by atoms with E-state index in [1.54, 1.807) is 0 Å². The van der Waals surface area contributed by atoms with Crippen molar-refractivity contribution in [1.29, 1.82) is 0 Å². The van der Waals surface area contributed by atoms with Crippen LogP contribution in [0.15, 0.2) is 21.2 Å². The molecule has 0 amide bonds. The number of halogens is 8. The summed E-state index contributed by atoms with van der Waals surface area (Å²) < 4.78 is 76.2. The SMILES string of the molecule is Fc1cc(C(F)F)cc(Br)c1-c1nc(Br)c(C(F)(F)F)[nH]1. The lowest BCUT2D eigenvalue weighted by molar-refractivity contribution is -0.141. The van der Waals surface area contributed by atoms with Gasteiger partial charge < -0.3 is 4.98 Å². The molecule has 1 N–H and O–H groups in total. The zero-order valence-electron chi connectivity index (χ0n) is 9.70. The summed E-state index contributed by atoms with van der Waals surface area (Å²) in [6.45, 7) is 0. The molecule has 0 radical (unpaired) electrons. The Hall–Kier alpha value is -1.03. The molecular formula is C11H4Br2F6N2. The van der Waals surface area contributed by atoms with Crippen LogP contribution in [0.5, 0.6) is 0 Å². The molecule has 0 atom stereocenters. The number of hydrogen-bond donors (Lipinski definition) is 1. The highest BCUT2D eigenvalue weighted by Gasteiger charge is 2.36. The van der Waals surface area contributed by atoms with E-state index in [0.29, 0.717) is 6.07 Å². The highest BCUT2D eigenvalue weighted by Crippen LogP contribution is 2.38. The van der Waals surface area contributed by atoms with Gasteiger partial charge in [-0.2, -0.15) is 13.2 Å². The van der Waals surface area contributed by atoms with Crippen LogP contribution in [0.25, 0.3) is 11.4 Å². The van der Waals surface area contributed by atoms with Crippen LogP contribution < -0.4 is 0 Å². The molecule has 0 unspecified atom stereocenters. The molecule has 1 aromatic heterocycles. The number of hydrogen-bond acceptors (Lipinski definition) is 1. The van der Waals surface area contributed by atoms with Gasteiger partial charge in [0.2, 0.25) is 0 Å². The Bertz CT molecular complexity index is 657. The number of aromatic amines is 1. The third kappa shape index (κ3) is 3.25. The fourth-order valence-electron chi connectivity index (χ4n) is 1.60. The predicted octanol–water partition coefficient (Wildman–Crippen LogP) is 5.70. The van der Waals surface area contributed by atoms with Gasteiger partial charge in [0.25, 0.3) is 6.43 Å². The van der Waals surface area contributed by atoms with Crippen LogP contribution >= 0.6 is 31.9 Å². The lowest BCUT2D eigenvalue weighted by atomic mass is 10.1. The average Bonchev–Trinajstić information content (AvgIpc) is 2.69. The van der Waals surface area contributed by atoms with Gasteiger partial charge in [-0.05, 0) is 44.0 Å². The van der Waals surface area contributed by atoms with E-state index < -0.39 is 40.1 Å². The van der Waals surface area contributed by atoms with Crippen molar-refractivity contribution < 1.29 is 26.3 Å². The first-order chi connectivity index (χ1) is 9.61. The third-order valence-corrected chi connectivity index (χ3v) is 3.70.